The van der Waals surface area contributed by atoms with Gasteiger partial charge in [0.1, 0.15) is 0 Å². The second kappa shape index (κ2) is 4.13. The predicted octanol–water partition coefficient (Wildman–Crippen LogP) is 1.87. The maximum Gasteiger partial charge on any atom is 0.0550 e. The van der Waals surface area contributed by atoms with Crippen LogP contribution in [0.3, 0.4) is 0 Å². The van der Waals surface area contributed by atoms with Crippen molar-refractivity contribution in [1.82, 2.24) is 15.1 Å². The van der Waals surface area contributed by atoms with Gasteiger partial charge in [0, 0.05) is 19.3 Å². The van der Waals surface area contributed by atoms with Gasteiger partial charge >= 0.3 is 0 Å². The maximum atomic E-state index is 4.22. The molecule has 1 unspecified atom stereocenters. The highest BCUT2D eigenvalue weighted by molar-refractivity contribution is 5.07. The Morgan fingerprint density at radius 1 is 1.64 bits per heavy atom. The molecule has 1 aliphatic rings. The first-order chi connectivity index (χ1) is 6.81. The van der Waals surface area contributed by atoms with Crippen molar-refractivity contribution < 1.29 is 0 Å². The number of nitrogens with one attached hydrogen (secondary N) is 1. The Morgan fingerprint density at radius 3 is 2.93 bits per heavy atom. The van der Waals surface area contributed by atoms with E-state index in [4.69, 9.17) is 0 Å². The van der Waals surface area contributed by atoms with Crippen molar-refractivity contribution in [3.8, 4) is 0 Å². The van der Waals surface area contributed by atoms with Crippen molar-refractivity contribution in [3.63, 3.8) is 0 Å². The first-order valence-corrected chi connectivity index (χ1v) is 5.52. The van der Waals surface area contributed by atoms with E-state index in [1.54, 1.807) is 0 Å². The summed E-state index contributed by atoms with van der Waals surface area (Å²) in [6, 6.07) is 2.62. The highest BCUT2D eigenvalue weighted by Crippen LogP contribution is 2.37. The summed E-state index contributed by atoms with van der Waals surface area (Å²) in [7, 11) is 2.02. The van der Waals surface area contributed by atoms with Gasteiger partial charge in [-0.1, -0.05) is 19.8 Å². The van der Waals surface area contributed by atoms with Gasteiger partial charge in [-0.2, -0.15) is 5.10 Å². The molecule has 1 aromatic rings. The summed E-state index contributed by atoms with van der Waals surface area (Å²) in [5.41, 5.74) is 1.32. The fourth-order valence-corrected chi connectivity index (χ4v) is 1.97. The number of aryl methyl sites for hydroxylation is 1. The molecule has 0 aliphatic heterocycles. The van der Waals surface area contributed by atoms with Gasteiger partial charge in [0.15, 0.2) is 0 Å². The number of nitrogens with zero attached hydrogens (tertiary/aromatic N) is 2. The van der Waals surface area contributed by atoms with Crippen molar-refractivity contribution in [1.29, 1.82) is 0 Å². The molecule has 1 fully saturated rings. The Labute approximate surface area is 85.5 Å². The maximum absolute atomic E-state index is 4.22. The third-order valence-corrected chi connectivity index (χ3v) is 2.93. The van der Waals surface area contributed by atoms with Crippen LogP contribution < -0.4 is 5.32 Å². The van der Waals surface area contributed by atoms with Gasteiger partial charge in [-0.3, -0.25) is 4.68 Å². The fraction of sp³-hybridized carbons (Fsp3) is 0.727. The summed E-state index contributed by atoms with van der Waals surface area (Å²) in [6.45, 7) is 3.19. The summed E-state index contributed by atoms with van der Waals surface area (Å²) < 4.78 is 1.98. The molecule has 0 aromatic carbocycles. The lowest BCUT2D eigenvalue weighted by Crippen LogP contribution is -2.23. The van der Waals surface area contributed by atoms with Crippen LogP contribution in [0.1, 0.15) is 37.9 Å². The molecule has 3 nitrogen and oxygen atoms in total. The normalized spacial score (nSPS) is 18.4. The van der Waals surface area contributed by atoms with Gasteiger partial charge in [0.25, 0.3) is 0 Å². The molecule has 1 aromatic heterocycles. The van der Waals surface area contributed by atoms with Gasteiger partial charge in [-0.05, 0) is 24.9 Å². The third-order valence-electron chi connectivity index (χ3n) is 2.93. The van der Waals surface area contributed by atoms with Crippen molar-refractivity contribution in [3.05, 3.63) is 18.0 Å². The van der Waals surface area contributed by atoms with E-state index in [2.05, 4.69) is 23.4 Å². The van der Waals surface area contributed by atoms with Gasteiger partial charge in [0.2, 0.25) is 0 Å². The van der Waals surface area contributed by atoms with Crippen molar-refractivity contribution in [2.45, 2.75) is 32.2 Å². The van der Waals surface area contributed by atoms with E-state index in [-0.39, 0.29) is 0 Å². The molecule has 3 heteroatoms. The zero-order chi connectivity index (χ0) is 9.97. The van der Waals surface area contributed by atoms with E-state index in [0.29, 0.717) is 6.04 Å². The number of hydrogen-bond acceptors (Lipinski definition) is 2. The predicted molar refractivity (Wildman–Crippen MR) is 57.0 cm³/mol. The van der Waals surface area contributed by atoms with Gasteiger partial charge in [0.05, 0.1) is 5.69 Å². The van der Waals surface area contributed by atoms with Crippen LogP contribution in [0.2, 0.25) is 0 Å². The van der Waals surface area contributed by atoms with Crippen LogP contribution in [0.5, 0.6) is 0 Å². The Kier molecular flexibility index (Phi) is 2.87. The molecule has 1 N–H and O–H groups in total. The first-order valence-electron chi connectivity index (χ1n) is 5.52. The van der Waals surface area contributed by atoms with Crippen molar-refractivity contribution in [2.75, 3.05) is 6.54 Å². The zero-order valence-corrected chi connectivity index (χ0v) is 9.03. The molecule has 0 radical (unpaired) electrons. The van der Waals surface area contributed by atoms with Crippen molar-refractivity contribution in [2.24, 2.45) is 13.0 Å². The Morgan fingerprint density at radius 2 is 2.43 bits per heavy atom. The van der Waals surface area contributed by atoms with Crippen LogP contribution >= 0.6 is 0 Å². The average molecular weight is 193 g/mol. The monoisotopic (exact) mass is 193 g/mol. The molecule has 14 heavy (non-hydrogen) atoms. The van der Waals surface area contributed by atoms with E-state index in [0.717, 1.165) is 12.5 Å². The van der Waals surface area contributed by atoms with Crippen LogP contribution in [0.4, 0.5) is 0 Å². The average Bonchev–Trinajstić information content (AvgIpc) is 2.87. The van der Waals surface area contributed by atoms with Crippen LogP contribution in [0.15, 0.2) is 12.3 Å². The van der Waals surface area contributed by atoms with Crippen molar-refractivity contribution >= 4 is 0 Å². The largest absolute Gasteiger partial charge is 0.309 e. The summed E-state index contributed by atoms with van der Waals surface area (Å²) in [5, 5.41) is 7.76. The summed E-state index contributed by atoms with van der Waals surface area (Å²) in [4.78, 5) is 0. The second-order valence-electron chi connectivity index (χ2n) is 4.17. The molecular weight excluding hydrogens is 174 g/mol. The molecular formula is C11H19N3. The Balaban J connectivity index is 2.04. The zero-order valence-electron chi connectivity index (χ0n) is 9.03. The van der Waals surface area contributed by atoms with Gasteiger partial charge in [-0.25, -0.2) is 0 Å². The standard InChI is InChI=1S/C11H19N3/c1-3-12-10(8-9-4-5-9)11-6-7-13-14(11)2/h6-7,9-10,12H,3-5,8H2,1-2H3. The minimum atomic E-state index is 0.500. The molecule has 1 atom stereocenters. The number of aromatic nitrogens is 2. The minimum absolute atomic E-state index is 0.500. The molecule has 0 amide bonds. The topological polar surface area (TPSA) is 29.9 Å². The van der Waals surface area contributed by atoms with Crippen LogP contribution in [-0.4, -0.2) is 16.3 Å². The lowest BCUT2D eigenvalue weighted by atomic mass is 10.1. The molecule has 1 heterocycles. The van der Waals surface area contributed by atoms with Crippen LogP contribution in [-0.2, 0) is 7.05 Å². The fourth-order valence-electron chi connectivity index (χ4n) is 1.97. The first kappa shape index (κ1) is 9.71. The van der Waals surface area contributed by atoms with E-state index >= 15 is 0 Å². The molecule has 78 valence electrons. The van der Waals surface area contributed by atoms with E-state index in [9.17, 15) is 0 Å². The summed E-state index contributed by atoms with van der Waals surface area (Å²) >= 11 is 0. The molecule has 0 spiro atoms. The van der Waals surface area contributed by atoms with Crippen LogP contribution in [0, 0.1) is 5.92 Å². The Bertz CT molecular complexity index is 288. The lowest BCUT2D eigenvalue weighted by molar-refractivity contribution is 0.457. The third kappa shape index (κ3) is 2.15. The molecule has 1 saturated carbocycles. The second-order valence-corrected chi connectivity index (χ2v) is 4.17. The van der Waals surface area contributed by atoms with E-state index in [1.807, 2.05) is 17.9 Å². The quantitative estimate of drug-likeness (QED) is 0.773. The molecule has 2 rings (SSSR count). The minimum Gasteiger partial charge on any atom is -0.309 e. The summed E-state index contributed by atoms with van der Waals surface area (Å²) in [6.07, 6.45) is 5.99. The SMILES string of the molecule is CCNC(CC1CC1)c1ccnn1C. The number of rotatable bonds is 5. The lowest BCUT2D eigenvalue weighted by Gasteiger charge is -2.17. The van der Waals surface area contributed by atoms with Gasteiger partial charge < -0.3 is 5.32 Å². The molecule has 0 saturated heterocycles. The molecule has 1 aliphatic carbocycles. The van der Waals surface area contributed by atoms with Crippen LogP contribution in [0.25, 0.3) is 0 Å². The molecule has 0 bridgehead atoms. The number of hydrogen-bond donors (Lipinski definition) is 1. The van der Waals surface area contributed by atoms with Gasteiger partial charge in [-0.15, -0.1) is 0 Å². The highest BCUT2D eigenvalue weighted by atomic mass is 15.3. The summed E-state index contributed by atoms with van der Waals surface area (Å²) in [5.74, 6) is 0.953. The highest BCUT2D eigenvalue weighted by Gasteiger charge is 2.26. The Hall–Kier alpha value is -0.830. The van der Waals surface area contributed by atoms with E-state index in [1.165, 1.54) is 25.0 Å². The smallest absolute Gasteiger partial charge is 0.0550 e. The van der Waals surface area contributed by atoms with E-state index < -0.39 is 0 Å².